The van der Waals surface area contributed by atoms with Gasteiger partial charge in [0.2, 0.25) is 5.78 Å². The van der Waals surface area contributed by atoms with Crippen molar-refractivity contribution in [3.8, 4) is 0 Å². The third-order valence-corrected chi connectivity index (χ3v) is 2.95. The zero-order valence-corrected chi connectivity index (χ0v) is 11.1. The van der Waals surface area contributed by atoms with Gasteiger partial charge in [-0.1, -0.05) is 20.3 Å². The molecule has 0 bridgehead atoms. The second kappa shape index (κ2) is 8.99. The first-order valence-electron chi connectivity index (χ1n) is 6.28. The van der Waals surface area contributed by atoms with Crippen molar-refractivity contribution in [2.75, 3.05) is 19.8 Å². The normalized spacial score (nSPS) is 16.0. The monoisotopic (exact) mass is 261 g/mol. The molecule has 0 saturated heterocycles. The summed E-state index contributed by atoms with van der Waals surface area (Å²) in [6.07, 6.45) is 1.72. The van der Waals surface area contributed by atoms with E-state index in [4.69, 9.17) is 11.5 Å². The summed E-state index contributed by atoms with van der Waals surface area (Å²) >= 11 is 0. The van der Waals surface area contributed by atoms with E-state index in [1.165, 1.54) is 0 Å². The number of ketones is 1. The number of hydrogen-bond donors (Lipinski definition) is 3. The Bertz CT molecular complexity index is 274. The van der Waals surface area contributed by atoms with Crippen LogP contribution in [0.15, 0.2) is 0 Å². The molecule has 0 radical (unpaired) electrons. The van der Waals surface area contributed by atoms with Crippen molar-refractivity contribution in [3.05, 3.63) is 0 Å². The molecule has 5 N–H and O–H groups in total. The lowest BCUT2D eigenvalue weighted by Crippen LogP contribution is -2.46. The zero-order chi connectivity index (χ0) is 14.1. The van der Waals surface area contributed by atoms with Gasteiger partial charge in [0, 0.05) is 6.54 Å². The van der Waals surface area contributed by atoms with Crippen molar-refractivity contribution in [2.45, 2.75) is 32.7 Å². The van der Waals surface area contributed by atoms with E-state index in [0.29, 0.717) is 12.5 Å². The third kappa shape index (κ3) is 6.66. The molecule has 3 unspecified atom stereocenters. The molecule has 106 valence electrons. The minimum atomic E-state index is -1.01. The molecule has 6 heteroatoms. The van der Waals surface area contributed by atoms with Crippen LogP contribution in [0.1, 0.15) is 26.7 Å². The van der Waals surface area contributed by atoms with Crippen LogP contribution in [0.5, 0.6) is 0 Å². The first-order valence-corrected chi connectivity index (χ1v) is 6.28. The van der Waals surface area contributed by atoms with Gasteiger partial charge >= 0.3 is 0 Å². The van der Waals surface area contributed by atoms with Gasteiger partial charge in [-0.3, -0.25) is 14.0 Å². The summed E-state index contributed by atoms with van der Waals surface area (Å²) in [6, 6.07) is -0.904. The highest BCUT2D eigenvalue weighted by Gasteiger charge is 2.19. The van der Waals surface area contributed by atoms with E-state index in [2.05, 4.69) is 5.32 Å². The van der Waals surface area contributed by atoms with E-state index >= 15 is 0 Å². The molecule has 0 saturated carbocycles. The number of carbonyl (C=O) groups excluding carboxylic acids is 2. The number of primary amides is 1. The molecule has 0 aliphatic carbocycles. The average molecular weight is 261 g/mol. The van der Waals surface area contributed by atoms with Crippen molar-refractivity contribution in [2.24, 2.45) is 23.3 Å². The standard InChI is InChI=1S/C12H24FN3O2/c1-3-9(4-8(2)5-13)6-16-7-10(14)11(17)12(15)18/h8-10,16H,3-7,14H2,1-2H3,(H2,15,18). The largest absolute Gasteiger partial charge is 0.363 e. The molecule has 0 aliphatic heterocycles. The molecule has 0 aliphatic rings. The minimum absolute atomic E-state index is 0.0395. The Morgan fingerprint density at radius 1 is 1.33 bits per heavy atom. The molecule has 0 aromatic carbocycles. The summed E-state index contributed by atoms with van der Waals surface area (Å²) in [7, 11) is 0. The maximum atomic E-state index is 12.4. The van der Waals surface area contributed by atoms with E-state index in [9.17, 15) is 14.0 Å². The molecule has 0 fully saturated rings. The summed E-state index contributed by atoms with van der Waals surface area (Å²) in [5, 5.41) is 3.03. The van der Waals surface area contributed by atoms with E-state index in [1.54, 1.807) is 0 Å². The molecule has 5 nitrogen and oxygen atoms in total. The molecule has 0 aromatic rings. The van der Waals surface area contributed by atoms with Crippen LogP contribution in [0.25, 0.3) is 0 Å². The topological polar surface area (TPSA) is 98.2 Å². The van der Waals surface area contributed by atoms with Crippen LogP contribution in [0.2, 0.25) is 0 Å². The van der Waals surface area contributed by atoms with Gasteiger partial charge in [-0.15, -0.1) is 0 Å². The summed E-state index contributed by atoms with van der Waals surface area (Å²) in [5.41, 5.74) is 10.3. The molecular weight excluding hydrogens is 237 g/mol. The lowest BCUT2D eigenvalue weighted by atomic mass is 9.94. The Morgan fingerprint density at radius 3 is 2.39 bits per heavy atom. The van der Waals surface area contributed by atoms with Crippen molar-refractivity contribution in [3.63, 3.8) is 0 Å². The Kier molecular flexibility index (Phi) is 8.49. The van der Waals surface area contributed by atoms with Crippen LogP contribution in [0.3, 0.4) is 0 Å². The van der Waals surface area contributed by atoms with Crippen molar-refractivity contribution < 1.29 is 14.0 Å². The van der Waals surface area contributed by atoms with E-state index in [1.807, 2.05) is 13.8 Å². The van der Waals surface area contributed by atoms with Gasteiger partial charge in [-0.25, -0.2) is 0 Å². The summed E-state index contributed by atoms with van der Waals surface area (Å²) in [4.78, 5) is 21.7. The number of hydrogen-bond acceptors (Lipinski definition) is 4. The van der Waals surface area contributed by atoms with Crippen LogP contribution in [-0.4, -0.2) is 37.5 Å². The Hall–Kier alpha value is -1.01. The Morgan fingerprint density at radius 2 is 1.94 bits per heavy atom. The highest BCUT2D eigenvalue weighted by molar-refractivity contribution is 6.37. The number of halogens is 1. The van der Waals surface area contributed by atoms with Crippen molar-refractivity contribution in [1.82, 2.24) is 5.32 Å². The fourth-order valence-corrected chi connectivity index (χ4v) is 1.74. The number of rotatable bonds is 10. The van der Waals surface area contributed by atoms with Crippen LogP contribution in [0, 0.1) is 11.8 Å². The van der Waals surface area contributed by atoms with Gasteiger partial charge in [0.1, 0.15) is 0 Å². The van der Waals surface area contributed by atoms with Crippen LogP contribution >= 0.6 is 0 Å². The van der Waals surface area contributed by atoms with Gasteiger partial charge in [0.25, 0.3) is 5.91 Å². The van der Waals surface area contributed by atoms with Crippen molar-refractivity contribution >= 4 is 11.7 Å². The zero-order valence-electron chi connectivity index (χ0n) is 11.1. The lowest BCUT2D eigenvalue weighted by molar-refractivity contribution is -0.136. The molecule has 0 rings (SSSR count). The second-order valence-electron chi connectivity index (χ2n) is 4.76. The predicted molar refractivity (Wildman–Crippen MR) is 68.6 cm³/mol. The van der Waals surface area contributed by atoms with Gasteiger partial charge in [0.05, 0.1) is 12.7 Å². The Labute approximate surface area is 107 Å². The van der Waals surface area contributed by atoms with Gasteiger partial charge in [-0.2, -0.15) is 0 Å². The SMILES string of the molecule is CCC(CNCC(N)C(=O)C(N)=O)CC(C)CF. The highest BCUT2D eigenvalue weighted by Crippen LogP contribution is 2.15. The highest BCUT2D eigenvalue weighted by atomic mass is 19.1. The molecule has 0 spiro atoms. The molecule has 3 atom stereocenters. The summed E-state index contributed by atoms with van der Waals surface area (Å²) in [5.74, 6) is -1.40. The maximum Gasteiger partial charge on any atom is 0.286 e. The Balaban J connectivity index is 3.93. The number of alkyl halides is 1. The number of Topliss-reactive ketones (excluding diaryl/α,β-unsaturated/α-hetero) is 1. The lowest BCUT2D eigenvalue weighted by Gasteiger charge is -2.19. The van der Waals surface area contributed by atoms with E-state index < -0.39 is 17.7 Å². The molecule has 18 heavy (non-hydrogen) atoms. The number of nitrogens with one attached hydrogen (secondary N) is 1. The number of nitrogens with two attached hydrogens (primary N) is 2. The summed E-state index contributed by atoms with van der Waals surface area (Å²) < 4.78 is 12.4. The van der Waals surface area contributed by atoms with Crippen LogP contribution in [0.4, 0.5) is 4.39 Å². The third-order valence-electron chi connectivity index (χ3n) is 2.95. The first kappa shape index (κ1) is 17.0. The molecule has 0 aromatic heterocycles. The quantitative estimate of drug-likeness (QED) is 0.481. The van der Waals surface area contributed by atoms with E-state index in [0.717, 1.165) is 12.8 Å². The van der Waals surface area contributed by atoms with Gasteiger partial charge < -0.3 is 16.8 Å². The minimum Gasteiger partial charge on any atom is -0.363 e. The number of amides is 1. The first-order chi connectivity index (χ1) is 8.42. The number of carbonyl (C=O) groups is 2. The van der Waals surface area contributed by atoms with E-state index in [-0.39, 0.29) is 19.1 Å². The van der Waals surface area contributed by atoms with Crippen LogP contribution < -0.4 is 16.8 Å². The molecule has 0 heterocycles. The smallest absolute Gasteiger partial charge is 0.286 e. The fraction of sp³-hybridized carbons (Fsp3) is 0.833. The van der Waals surface area contributed by atoms with Gasteiger partial charge in [-0.05, 0) is 24.8 Å². The van der Waals surface area contributed by atoms with Crippen LogP contribution in [-0.2, 0) is 9.59 Å². The predicted octanol–water partition coefficient (Wildman–Crippen LogP) is -0.0204. The van der Waals surface area contributed by atoms with Gasteiger partial charge in [0.15, 0.2) is 0 Å². The second-order valence-corrected chi connectivity index (χ2v) is 4.76. The van der Waals surface area contributed by atoms with Crippen molar-refractivity contribution in [1.29, 1.82) is 0 Å². The maximum absolute atomic E-state index is 12.4. The molecular formula is C12H24FN3O2. The molecule has 1 amide bonds. The summed E-state index contributed by atoms with van der Waals surface area (Å²) in [6.45, 7) is 4.44. The average Bonchev–Trinajstić information content (AvgIpc) is 2.35. The fourth-order valence-electron chi connectivity index (χ4n) is 1.74.